The molecule has 0 radical (unpaired) electrons. The third-order valence-corrected chi connectivity index (χ3v) is 4.43. The summed E-state index contributed by atoms with van der Waals surface area (Å²) in [5.41, 5.74) is 0. The first-order chi connectivity index (χ1) is 6.38. The summed E-state index contributed by atoms with van der Waals surface area (Å²) in [6.07, 6.45) is 13.7. The molecule has 2 fully saturated rings. The molecule has 3 atom stereocenters. The second kappa shape index (κ2) is 4.48. The van der Waals surface area contributed by atoms with E-state index in [1.54, 1.807) is 19.3 Å². The summed E-state index contributed by atoms with van der Waals surface area (Å²) in [6.45, 7) is 2.51. The first kappa shape index (κ1) is 9.55. The molecular weight excluding hydrogens is 156 g/mol. The largest absolute Gasteiger partial charge is 0.0622 e. The van der Waals surface area contributed by atoms with Crippen LogP contribution in [0.2, 0.25) is 0 Å². The Kier molecular flexibility index (Phi) is 3.29. The van der Waals surface area contributed by atoms with Crippen LogP contribution >= 0.6 is 0 Å². The molecule has 0 aromatic rings. The number of rotatable bonds is 0. The van der Waals surface area contributed by atoms with Crippen LogP contribution in [-0.4, -0.2) is 0 Å². The normalized spacial score (nSPS) is 41.8. The molecule has 13 heavy (non-hydrogen) atoms. The van der Waals surface area contributed by atoms with Crippen LogP contribution in [0, 0.1) is 17.8 Å². The fraction of sp³-hybridized carbons (Fsp3) is 1.00. The Balaban J connectivity index is 1.98. The van der Waals surface area contributed by atoms with Crippen molar-refractivity contribution in [3.8, 4) is 0 Å². The van der Waals surface area contributed by atoms with E-state index in [1.165, 1.54) is 38.5 Å². The first-order valence-electron chi connectivity index (χ1n) is 6.38. The molecule has 2 aliphatic rings. The predicted octanol–water partition coefficient (Wildman–Crippen LogP) is 4.39. The van der Waals surface area contributed by atoms with E-state index in [2.05, 4.69) is 6.92 Å². The van der Waals surface area contributed by atoms with E-state index in [-0.39, 0.29) is 0 Å². The summed E-state index contributed by atoms with van der Waals surface area (Å²) < 4.78 is 0. The fourth-order valence-corrected chi connectivity index (χ4v) is 3.61. The molecule has 0 spiro atoms. The van der Waals surface area contributed by atoms with Crippen LogP contribution in [-0.2, 0) is 0 Å². The maximum absolute atomic E-state index is 2.51. The summed E-state index contributed by atoms with van der Waals surface area (Å²) in [4.78, 5) is 0. The van der Waals surface area contributed by atoms with Gasteiger partial charge in [0.15, 0.2) is 0 Å². The standard InChI is InChI=1S/C13H24/c1-11-7-3-2-4-8-12-9-5-6-10-13(11)12/h11-13H,2-10H2,1H3. The molecule has 0 nitrogen and oxygen atoms in total. The van der Waals surface area contributed by atoms with Gasteiger partial charge >= 0.3 is 0 Å². The van der Waals surface area contributed by atoms with Gasteiger partial charge in [-0.25, -0.2) is 0 Å². The molecule has 0 heterocycles. The number of hydrogen-bond acceptors (Lipinski definition) is 0. The van der Waals surface area contributed by atoms with Crippen molar-refractivity contribution in [2.75, 3.05) is 0 Å². The molecular formula is C13H24. The number of fused-ring (bicyclic) bond motifs is 1. The molecule has 0 aromatic heterocycles. The average molecular weight is 180 g/mol. The molecule has 2 rings (SSSR count). The van der Waals surface area contributed by atoms with Crippen molar-refractivity contribution in [2.45, 2.75) is 64.7 Å². The smallest absolute Gasteiger partial charge is 0.0360 e. The van der Waals surface area contributed by atoms with Gasteiger partial charge in [-0.05, 0) is 24.2 Å². The molecule has 0 N–H and O–H groups in total. The van der Waals surface area contributed by atoms with Crippen molar-refractivity contribution >= 4 is 0 Å². The van der Waals surface area contributed by atoms with E-state index in [9.17, 15) is 0 Å². The zero-order valence-corrected chi connectivity index (χ0v) is 9.10. The topological polar surface area (TPSA) is 0 Å². The minimum atomic E-state index is 1.03. The van der Waals surface area contributed by atoms with E-state index in [4.69, 9.17) is 0 Å². The van der Waals surface area contributed by atoms with E-state index < -0.39 is 0 Å². The molecule has 2 aliphatic carbocycles. The van der Waals surface area contributed by atoms with Gasteiger partial charge in [0, 0.05) is 0 Å². The highest BCUT2D eigenvalue weighted by atomic mass is 14.3. The Morgan fingerprint density at radius 3 is 2.15 bits per heavy atom. The molecule has 0 saturated heterocycles. The van der Waals surface area contributed by atoms with Gasteiger partial charge in [0.05, 0.1) is 0 Å². The zero-order valence-electron chi connectivity index (χ0n) is 9.10. The van der Waals surface area contributed by atoms with Crippen molar-refractivity contribution < 1.29 is 0 Å². The van der Waals surface area contributed by atoms with Gasteiger partial charge in [0.1, 0.15) is 0 Å². The van der Waals surface area contributed by atoms with Crippen LogP contribution in [0.15, 0.2) is 0 Å². The third-order valence-electron chi connectivity index (χ3n) is 4.43. The van der Waals surface area contributed by atoms with Crippen molar-refractivity contribution in [2.24, 2.45) is 17.8 Å². The van der Waals surface area contributed by atoms with Gasteiger partial charge in [0.25, 0.3) is 0 Å². The highest BCUT2D eigenvalue weighted by molar-refractivity contribution is 4.80. The van der Waals surface area contributed by atoms with Crippen molar-refractivity contribution in [3.63, 3.8) is 0 Å². The molecule has 3 unspecified atom stereocenters. The lowest BCUT2D eigenvalue weighted by molar-refractivity contribution is 0.138. The lowest BCUT2D eigenvalue weighted by Gasteiger charge is -2.37. The molecule has 2 saturated carbocycles. The van der Waals surface area contributed by atoms with Crippen molar-refractivity contribution in [3.05, 3.63) is 0 Å². The van der Waals surface area contributed by atoms with Crippen LogP contribution < -0.4 is 0 Å². The Bertz CT molecular complexity index is 150. The maximum atomic E-state index is 2.51. The molecule has 0 heteroatoms. The van der Waals surface area contributed by atoms with E-state index in [0.29, 0.717) is 0 Å². The summed E-state index contributed by atoms with van der Waals surface area (Å²) in [5, 5.41) is 0. The molecule has 0 aromatic carbocycles. The van der Waals surface area contributed by atoms with Crippen LogP contribution in [0.3, 0.4) is 0 Å². The fourth-order valence-electron chi connectivity index (χ4n) is 3.61. The summed E-state index contributed by atoms with van der Waals surface area (Å²) >= 11 is 0. The van der Waals surface area contributed by atoms with Crippen LogP contribution in [0.5, 0.6) is 0 Å². The lowest BCUT2D eigenvalue weighted by atomic mass is 9.68. The second-order valence-electron chi connectivity index (χ2n) is 5.32. The number of hydrogen-bond donors (Lipinski definition) is 0. The van der Waals surface area contributed by atoms with Gasteiger partial charge in [-0.15, -0.1) is 0 Å². The lowest BCUT2D eigenvalue weighted by Crippen LogP contribution is -2.26. The van der Waals surface area contributed by atoms with Gasteiger partial charge in [-0.3, -0.25) is 0 Å². The Morgan fingerprint density at radius 2 is 1.31 bits per heavy atom. The van der Waals surface area contributed by atoms with Gasteiger partial charge < -0.3 is 0 Å². The minimum Gasteiger partial charge on any atom is -0.0622 e. The minimum absolute atomic E-state index is 1.03. The highest BCUT2D eigenvalue weighted by Gasteiger charge is 2.29. The van der Waals surface area contributed by atoms with Crippen LogP contribution in [0.4, 0.5) is 0 Å². The quantitative estimate of drug-likeness (QED) is 0.518. The SMILES string of the molecule is CC1CCCCCC2CCCCC12. The monoisotopic (exact) mass is 180 g/mol. The van der Waals surface area contributed by atoms with Crippen molar-refractivity contribution in [1.29, 1.82) is 0 Å². The Morgan fingerprint density at radius 1 is 0.692 bits per heavy atom. The summed E-state index contributed by atoms with van der Waals surface area (Å²) in [5.74, 6) is 3.25. The van der Waals surface area contributed by atoms with Crippen LogP contribution in [0.1, 0.15) is 64.7 Å². The third kappa shape index (κ3) is 2.27. The Labute approximate surface area is 83.1 Å². The maximum Gasteiger partial charge on any atom is -0.0360 e. The molecule has 0 aliphatic heterocycles. The van der Waals surface area contributed by atoms with E-state index >= 15 is 0 Å². The van der Waals surface area contributed by atoms with Gasteiger partial charge in [-0.2, -0.15) is 0 Å². The van der Waals surface area contributed by atoms with Crippen LogP contribution in [0.25, 0.3) is 0 Å². The van der Waals surface area contributed by atoms with E-state index in [1.807, 2.05) is 0 Å². The molecule has 0 amide bonds. The van der Waals surface area contributed by atoms with Gasteiger partial charge in [0.2, 0.25) is 0 Å². The zero-order chi connectivity index (χ0) is 9.10. The first-order valence-corrected chi connectivity index (χ1v) is 6.38. The van der Waals surface area contributed by atoms with Crippen molar-refractivity contribution in [1.82, 2.24) is 0 Å². The molecule has 76 valence electrons. The molecule has 0 bridgehead atoms. The predicted molar refractivity (Wildman–Crippen MR) is 57.7 cm³/mol. The van der Waals surface area contributed by atoms with E-state index in [0.717, 1.165) is 17.8 Å². The summed E-state index contributed by atoms with van der Waals surface area (Å²) in [7, 11) is 0. The second-order valence-corrected chi connectivity index (χ2v) is 5.32. The Hall–Kier alpha value is 0. The van der Waals surface area contributed by atoms with Gasteiger partial charge in [-0.1, -0.05) is 58.3 Å². The highest BCUT2D eigenvalue weighted by Crippen LogP contribution is 2.41. The summed E-state index contributed by atoms with van der Waals surface area (Å²) in [6, 6.07) is 0. The average Bonchev–Trinajstić information content (AvgIpc) is 2.14.